The van der Waals surface area contributed by atoms with Crippen LogP contribution in [0.15, 0.2) is 11.4 Å². The quantitative estimate of drug-likeness (QED) is 0.885. The summed E-state index contributed by atoms with van der Waals surface area (Å²) in [5, 5.41) is 12.7. The van der Waals surface area contributed by atoms with E-state index >= 15 is 0 Å². The Labute approximate surface area is 121 Å². The van der Waals surface area contributed by atoms with Gasteiger partial charge in [0.15, 0.2) is 0 Å². The van der Waals surface area contributed by atoms with Crippen molar-refractivity contribution in [3.05, 3.63) is 22.4 Å². The first-order valence-electron chi connectivity index (χ1n) is 6.49. The third kappa shape index (κ3) is 2.89. The lowest BCUT2D eigenvalue weighted by atomic mass is 9.99. The van der Waals surface area contributed by atoms with Crippen LogP contribution in [0.25, 0.3) is 10.2 Å². The Balaban J connectivity index is 1.77. The van der Waals surface area contributed by atoms with Crippen molar-refractivity contribution >= 4 is 33.2 Å². The molecule has 1 N–H and O–H groups in total. The zero-order valence-electron chi connectivity index (χ0n) is 10.5. The first kappa shape index (κ1) is 13.2. The number of aromatic nitrogens is 2. The van der Waals surface area contributed by atoms with E-state index < -0.39 is 0 Å². The second-order valence-electron chi connectivity index (χ2n) is 5.00. The molecule has 0 saturated carbocycles. The number of fused-ring (bicyclic) bond motifs is 1. The number of rotatable bonds is 3. The number of hydrogen-bond acceptors (Lipinski definition) is 5. The summed E-state index contributed by atoms with van der Waals surface area (Å²) in [6, 6.07) is 1.95. The largest absolute Gasteiger partial charge is 0.396 e. The Kier molecular flexibility index (Phi) is 3.98. The summed E-state index contributed by atoms with van der Waals surface area (Å²) in [4.78, 5) is 12.2. The van der Waals surface area contributed by atoms with Crippen molar-refractivity contribution in [2.75, 3.05) is 19.7 Å². The van der Waals surface area contributed by atoms with Crippen molar-refractivity contribution in [3.8, 4) is 0 Å². The lowest BCUT2D eigenvalue weighted by Crippen LogP contribution is -2.36. The molecule has 1 saturated heterocycles. The Hall–Kier alpha value is -0.750. The van der Waals surface area contributed by atoms with Crippen molar-refractivity contribution in [2.24, 2.45) is 5.92 Å². The SMILES string of the molecule is OCC1CCCN(Cc2nc(Cl)c3ccsc3n2)C1. The Morgan fingerprint density at radius 1 is 1.47 bits per heavy atom. The van der Waals surface area contributed by atoms with E-state index in [0.717, 1.165) is 42.0 Å². The third-order valence-electron chi connectivity index (χ3n) is 3.55. The number of nitrogens with zero attached hydrogens (tertiary/aromatic N) is 3. The molecule has 4 nitrogen and oxygen atoms in total. The van der Waals surface area contributed by atoms with E-state index in [2.05, 4.69) is 14.9 Å². The van der Waals surface area contributed by atoms with Gasteiger partial charge in [0.05, 0.1) is 6.54 Å². The molecule has 2 aromatic heterocycles. The van der Waals surface area contributed by atoms with Crippen LogP contribution in [0.2, 0.25) is 5.15 Å². The van der Waals surface area contributed by atoms with Gasteiger partial charge in [-0.3, -0.25) is 4.90 Å². The molecule has 3 heterocycles. The average Bonchev–Trinajstić information content (AvgIpc) is 2.88. The molecular weight excluding hydrogens is 282 g/mol. The van der Waals surface area contributed by atoms with Gasteiger partial charge in [-0.15, -0.1) is 11.3 Å². The molecule has 1 atom stereocenters. The molecule has 6 heteroatoms. The maximum atomic E-state index is 9.26. The summed E-state index contributed by atoms with van der Waals surface area (Å²) in [5.41, 5.74) is 0. The van der Waals surface area contributed by atoms with Crippen LogP contribution >= 0.6 is 22.9 Å². The summed E-state index contributed by atoms with van der Waals surface area (Å²) in [6.07, 6.45) is 2.23. The number of hydrogen-bond donors (Lipinski definition) is 1. The van der Waals surface area contributed by atoms with Gasteiger partial charge in [-0.2, -0.15) is 0 Å². The molecule has 19 heavy (non-hydrogen) atoms. The van der Waals surface area contributed by atoms with Crippen LogP contribution in [0.4, 0.5) is 0 Å². The predicted molar refractivity (Wildman–Crippen MR) is 77.5 cm³/mol. The minimum absolute atomic E-state index is 0.266. The fraction of sp³-hybridized carbons (Fsp3) is 0.538. The highest BCUT2D eigenvalue weighted by Gasteiger charge is 2.20. The van der Waals surface area contributed by atoms with Crippen LogP contribution in [0.1, 0.15) is 18.7 Å². The van der Waals surface area contributed by atoms with Gasteiger partial charge in [-0.1, -0.05) is 11.6 Å². The molecule has 0 bridgehead atoms. The van der Waals surface area contributed by atoms with Crippen LogP contribution in [0, 0.1) is 5.92 Å². The second-order valence-corrected chi connectivity index (χ2v) is 6.25. The van der Waals surface area contributed by atoms with Gasteiger partial charge in [-0.25, -0.2) is 9.97 Å². The van der Waals surface area contributed by atoms with E-state index in [4.69, 9.17) is 11.6 Å². The summed E-state index contributed by atoms with van der Waals surface area (Å²) >= 11 is 7.76. The highest BCUT2D eigenvalue weighted by atomic mass is 35.5. The number of halogens is 1. The van der Waals surface area contributed by atoms with Crippen LogP contribution in [-0.2, 0) is 6.54 Å². The first-order valence-corrected chi connectivity index (χ1v) is 7.75. The average molecular weight is 298 g/mol. The van der Waals surface area contributed by atoms with Gasteiger partial charge in [0.25, 0.3) is 0 Å². The minimum atomic E-state index is 0.266. The van der Waals surface area contributed by atoms with E-state index in [9.17, 15) is 5.11 Å². The Morgan fingerprint density at radius 3 is 3.21 bits per heavy atom. The molecule has 1 aliphatic rings. The van der Waals surface area contributed by atoms with Gasteiger partial charge < -0.3 is 5.11 Å². The molecule has 3 rings (SSSR count). The van der Waals surface area contributed by atoms with E-state index in [1.807, 2.05) is 11.4 Å². The third-order valence-corrected chi connectivity index (χ3v) is 4.65. The lowest BCUT2D eigenvalue weighted by Gasteiger charge is -2.31. The van der Waals surface area contributed by atoms with E-state index in [-0.39, 0.29) is 6.61 Å². The Bertz CT molecular complexity index is 574. The molecule has 0 aromatic carbocycles. The van der Waals surface area contributed by atoms with Crippen molar-refractivity contribution in [1.29, 1.82) is 0 Å². The fourth-order valence-corrected chi connectivity index (χ4v) is 3.66. The maximum absolute atomic E-state index is 9.26. The fourth-order valence-electron chi connectivity index (χ4n) is 2.58. The summed E-state index contributed by atoms with van der Waals surface area (Å²) in [5.74, 6) is 1.16. The van der Waals surface area contributed by atoms with Crippen LogP contribution < -0.4 is 0 Å². The zero-order chi connectivity index (χ0) is 13.2. The zero-order valence-corrected chi connectivity index (χ0v) is 12.1. The molecule has 0 spiro atoms. The van der Waals surface area contributed by atoms with Crippen molar-refractivity contribution < 1.29 is 5.11 Å². The van der Waals surface area contributed by atoms with Crippen molar-refractivity contribution in [3.63, 3.8) is 0 Å². The summed E-state index contributed by atoms with van der Waals surface area (Å²) < 4.78 is 0. The number of aliphatic hydroxyl groups is 1. The van der Waals surface area contributed by atoms with Crippen molar-refractivity contribution in [2.45, 2.75) is 19.4 Å². The van der Waals surface area contributed by atoms with Gasteiger partial charge in [0, 0.05) is 18.5 Å². The lowest BCUT2D eigenvalue weighted by molar-refractivity contribution is 0.114. The predicted octanol–water partition coefficient (Wildman–Crippen LogP) is 2.55. The molecule has 1 fully saturated rings. The van der Waals surface area contributed by atoms with E-state index in [1.54, 1.807) is 11.3 Å². The number of piperidine rings is 1. The molecule has 2 aromatic rings. The van der Waals surface area contributed by atoms with E-state index in [1.165, 1.54) is 0 Å². The number of likely N-dealkylation sites (tertiary alicyclic amines) is 1. The molecule has 0 radical (unpaired) electrons. The highest BCUT2D eigenvalue weighted by Crippen LogP contribution is 2.25. The molecule has 1 unspecified atom stereocenters. The monoisotopic (exact) mass is 297 g/mol. The standard InChI is InChI=1S/C13H16ClN3OS/c14-12-10-3-5-19-13(10)16-11(15-12)7-17-4-1-2-9(6-17)8-18/h3,5,9,18H,1-2,4,6-8H2. The topological polar surface area (TPSA) is 49.2 Å². The van der Waals surface area contributed by atoms with Gasteiger partial charge in [-0.05, 0) is 36.8 Å². The van der Waals surface area contributed by atoms with Crippen LogP contribution in [-0.4, -0.2) is 39.7 Å². The summed E-state index contributed by atoms with van der Waals surface area (Å²) in [6.45, 7) is 2.94. The second kappa shape index (κ2) is 5.71. The van der Waals surface area contributed by atoms with Gasteiger partial charge in [0.2, 0.25) is 0 Å². The normalized spacial score (nSPS) is 21.1. The van der Waals surface area contributed by atoms with E-state index in [0.29, 0.717) is 17.6 Å². The van der Waals surface area contributed by atoms with Gasteiger partial charge >= 0.3 is 0 Å². The number of aliphatic hydroxyl groups excluding tert-OH is 1. The minimum Gasteiger partial charge on any atom is -0.396 e. The van der Waals surface area contributed by atoms with Gasteiger partial charge in [0.1, 0.15) is 15.8 Å². The molecular formula is C13H16ClN3OS. The smallest absolute Gasteiger partial charge is 0.145 e. The van der Waals surface area contributed by atoms with Crippen LogP contribution in [0.5, 0.6) is 0 Å². The highest BCUT2D eigenvalue weighted by molar-refractivity contribution is 7.16. The first-order chi connectivity index (χ1) is 9.26. The van der Waals surface area contributed by atoms with Crippen LogP contribution in [0.3, 0.4) is 0 Å². The number of thiophene rings is 1. The Morgan fingerprint density at radius 2 is 2.37 bits per heavy atom. The maximum Gasteiger partial charge on any atom is 0.145 e. The molecule has 0 aliphatic carbocycles. The van der Waals surface area contributed by atoms with Crippen molar-refractivity contribution in [1.82, 2.24) is 14.9 Å². The molecule has 0 amide bonds. The molecule has 102 valence electrons. The molecule has 1 aliphatic heterocycles. The summed E-state index contributed by atoms with van der Waals surface area (Å²) in [7, 11) is 0.